The van der Waals surface area contributed by atoms with Crippen LogP contribution in [0.15, 0.2) is 283 Å². The molecule has 1 heteroatoms. The van der Waals surface area contributed by atoms with E-state index in [1.807, 2.05) is 6.07 Å². The zero-order valence-electron chi connectivity index (χ0n) is 42.0. The molecule has 0 radical (unpaired) electrons. The summed E-state index contributed by atoms with van der Waals surface area (Å²) in [7, 11) is 0. The van der Waals surface area contributed by atoms with E-state index in [2.05, 4.69) is 273 Å². The molecule has 0 saturated carbocycles. The highest BCUT2D eigenvalue weighted by Gasteiger charge is 2.21. The SMILES string of the molecule is c1cc(-c2cccc3cc(-c4ccc5c(-c6c7ccccc7c(-c7ccc8oc9ccccc9c8c7)c7ccccc67)cccc5c4)ccc23)cc(-c2c3ccccc3c(-c3ccc4ccccc4c3)c3ccccc23)c1. The van der Waals surface area contributed by atoms with E-state index in [9.17, 15) is 0 Å². The number of furan rings is 1. The van der Waals surface area contributed by atoms with Gasteiger partial charge >= 0.3 is 0 Å². The molecular formula is C76H46O. The van der Waals surface area contributed by atoms with Crippen molar-refractivity contribution in [3.63, 3.8) is 0 Å². The third-order valence-corrected chi connectivity index (χ3v) is 16.4. The first-order chi connectivity index (χ1) is 38.2. The van der Waals surface area contributed by atoms with Gasteiger partial charge in [-0.15, -0.1) is 0 Å². The van der Waals surface area contributed by atoms with Crippen molar-refractivity contribution in [3.05, 3.63) is 279 Å². The average molecular weight is 975 g/mol. The molecule has 0 aliphatic carbocycles. The topological polar surface area (TPSA) is 13.1 Å². The molecule has 1 heterocycles. The Hall–Kier alpha value is -10.1. The van der Waals surface area contributed by atoms with Gasteiger partial charge in [-0.2, -0.15) is 0 Å². The van der Waals surface area contributed by atoms with Crippen LogP contribution in [0.2, 0.25) is 0 Å². The Morgan fingerprint density at radius 2 is 0.558 bits per heavy atom. The van der Waals surface area contributed by atoms with Crippen molar-refractivity contribution in [2.24, 2.45) is 0 Å². The molecule has 0 amide bonds. The number of para-hydroxylation sites is 1. The number of benzene rings is 15. The number of fused-ring (bicyclic) bond motifs is 10. The number of rotatable bonds is 6. The van der Waals surface area contributed by atoms with E-state index >= 15 is 0 Å². The molecule has 15 aromatic carbocycles. The molecule has 1 nitrogen and oxygen atoms in total. The molecule has 0 unspecified atom stereocenters. The van der Waals surface area contributed by atoms with Gasteiger partial charge in [-0.3, -0.25) is 0 Å². The van der Waals surface area contributed by atoms with E-state index < -0.39 is 0 Å². The maximum absolute atomic E-state index is 6.27. The lowest BCUT2D eigenvalue weighted by Crippen LogP contribution is -1.92. The summed E-state index contributed by atoms with van der Waals surface area (Å²) in [6, 6.07) is 103. The highest BCUT2D eigenvalue weighted by atomic mass is 16.3. The largest absolute Gasteiger partial charge is 0.456 e. The molecule has 1 aromatic heterocycles. The minimum Gasteiger partial charge on any atom is -0.456 e. The van der Waals surface area contributed by atoms with Gasteiger partial charge in [0.25, 0.3) is 0 Å². The third kappa shape index (κ3) is 6.88. The quantitative estimate of drug-likeness (QED) is 0.151. The van der Waals surface area contributed by atoms with Crippen LogP contribution in [-0.4, -0.2) is 0 Å². The number of hydrogen-bond acceptors (Lipinski definition) is 1. The fourth-order valence-corrected chi connectivity index (χ4v) is 12.9. The molecule has 77 heavy (non-hydrogen) atoms. The van der Waals surface area contributed by atoms with E-state index in [-0.39, 0.29) is 0 Å². The van der Waals surface area contributed by atoms with Crippen molar-refractivity contribution >= 4 is 97.3 Å². The second-order valence-electron chi connectivity index (χ2n) is 20.6. The highest BCUT2D eigenvalue weighted by molar-refractivity contribution is 6.25. The van der Waals surface area contributed by atoms with Crippen LogP contribution < -0.4 is 0 Å². The van der Waals surface area contributed by atoms with Crippen molar-refractivity contribution in [3.8, 4) is 66.8 Å². The van der Waals surface area contributed by atoms with Crippen molar-refractivity contribution in [2.45, 2.75) is 0 Å². The monoisotopic (exact) mass is 974 g/mol. The van der Waals surface area contributed by atoms with E-state index in [4.69, 9.17) is 4.42 Å². The molecular weight excluding hydrogens is 929 g/mol. The van der Waals surface area contributed by atoms with Crippen LogP contribution in [-0.2, 0) is 0 Å². The van der Waals surface area contributed by atoms with Gasteiger partial charge in [0.1, 0.15) is 11.2 Å². The lowest BCUT2D eigenvalue weighted by atomic mass is 9.84. The summed E-state index contributed by atoms with van der Waals surface area (Å²) in [6.07, 6.45) is 0. The van der Waals surface area contributed by atoms with Crippen LogP contribution >= 0.6 is 0 Å². The summed E-state index contributed by atoms with van der Waals surface area (Å²) in [4.78, 5) is 0. The van der Waals surface area contributed by atoms with Crippen LogP contribution in [0.1, 0.15) is 0 Å². The van der Waals surface area contributed by atoms with Crippen LogP contribution in [0.25, 0.3) is 164 Å². The Morgan fingerprint density at radius 1 is 0.169 bits per heavy atom. The Balaban J connectivity index is 0.782. The molecule has 0 N–H and O–H groups in total. The van der Waals surface area contributed by atoms with Gasteiger partial charge in [0.05, 0.1) is 0 Å². The number of hydrogen-bond donors (Lipinski definition) is 0. The highest BCUT2D eigenvalue weighted by Crippen LogP contribution is 2.48. The summed E-state index contributed by atoms with van der Waals surface area (Å²) in [6.45, 7) is 0. The van der Waals surface area contributed by atoms with Gasteiger partial charge in [0, 0.05) is 10.8 Å². The van der Waals surface area contributed by atoms with Crippen LogP contribution in [0.4, 0.5) is 0 Å². The normalized spacial score (nSPS) is 11.9. The Kier molecular flexibility index (Phi) is 9.71. The Labute approximate surface area is 445 Å². The predicted octanol–water partition coefficient (Wildman–Crippen LogP) is 21.7. The fraction of sp³-hybridized carbons (Fsp3) is 0. The summed E-state index contributed by atoms with van der Waals surface area (Å²) >= 11 is 0. The second-order valence-corrected chi connectivity index (χ2v) is 20.6. The molecule has 16 rings (SSSR count). The van der Waals surface area contributed by atoms with E-state index in [1.165, 1.54) is 142 Å². The first-order valence-electron chi connectivity index (χ1n) is 26.6. The second kappa shape index (κ2) is 17.2. The maximum atomic E-state index is 6.27. The molecule has 0 bridgehead atoms. The van der Waals surface area contributed by atoms with Gasteiger partial charge in [-0.1, -0.05) is 237 Å². The lowest BCUT2D eigenvalue weighted by Gasteiger charge is -2.19. The minimum atomic E-state index is 0.907. The maximum Gasteiger partial charge on any atom is 0.135 e. The van der Waals surface area contributed by atoms with Gasteiger partial charge in [0.15, 0.2) is 0 Å². The summed E-state index contributed by atoms with van der Waals surface area (Å²) in [5.41, 5.74) is 16.5. The van der Waals surface area contributed by atoms with Crippen LogP contribution in [0.3, 0.4) is 0 Å². The molecule has 0 spiro atoms. The molecule has 0 saturated heterocycles. The van der Waals surface area contributed by atoms with Crippen LogP contribution in [0, 0.1) is 0 Å². The average Bonchev–Trinajstić information content (AvgIpc) is 3.98. The zero-order valence-corrected chi connectivity index (χ0v) is 42.0. The minimum absolute atomic E-state index is 0.907. The van der Waals surface area contributed by atoms with Crippen molar-refractivity contribution < 1.29 is 4.42 Å². The van der Waals surface area contributed by atoms with Crippen molar-refractivity contribution in [1.29, 1.82) is 0 Å². The molecule has 356 valence electrons. The van der Waals surface area contributed by atoms with E-state index in [0.717, 1.165) is 21.9 Å². The smallest absolute Gasteiger partial charge is 0.135 e. The summed E-state index contributed by atoms with van der Waals surface area (Å²) in [5.74, 6) is 0. The summed E-state index contributed by atoms with van der Waals surface area (Å²) in [5, 5.41) is 19.6. The van der Waals surface area contributed by atoms with Crippen molar-refractivity contribution in [1.82, 2.24) is 0 Å². The predicted molar refractivity (Wildman–Crippen MR) is 329 cm³/mol. The summed E-state index contributed by atoms with van der Waals surface area (Å²) < 4.78 is 6.27. The fourth-order valence-electron chi connectivity index (χ4n) is 12.9. The zero-order chi connectivity index (χ0) is 50.6. The first kappa shape index (κ1) is 43.3. The molecule has 0 atom stereocenters. The third-order valence-electron chi connectivity index (χ3n) is 16.4. The molecule has 0 fully saturated rings. The van der Waals surface area contributed by atoms with Gasteiger partial charge < -0.3 is 4.42 Å². The lowest BCUT2D eigenvalue weighted by molar-refractivity contribution is 0.669. The molecule has 0 aliphatic rings. The standard InChI is InChI=1S/C76H46O/c1-2-17-48-44-55(35-34-47(48)16-1)74-64-25-5-3-23-62(64)73(63-24-4-6-26-65(63)74)54-21-13-18-53(45-54)57-31-14-19-51-42-49(36-39-58(51)57)50-37-40-59-52(43-50)20-15-32-61(59)76-68-29-9-7-27-66(68)75(67-28-8-10-30-69(67)76)56-38-41-72-70(46-56)60-22-11-12-33-71(60)77-72/h1-46H. The Morgan fingerprint density at radius 3 is 1.16 bits per heavy atom. The van der Waals surface area contributed by atoms with Gasteiger partial charge in [-0.25, -0.2) is 0 Å². The van der Waals surface area contributed by atoms with E-state index in [0.29, 0.717) is 0 Å². The van der Waals surface area contributed by atoms with Gasteiger partial charge in [0.2, 0.25) is 0 Å². The first-order valence-corrected chi connectivity index (χ1v) is 26.6. The van der Waals surface area contributed by atoms with Crippen molar-refractivity contribution in [2.75, 3.05) is 0 Å². The van der Waals surface area contributed by atoms with Crippen LogP contribution in [0.5, 0.6) is 0 Å². The Bertz CT molecular complexity index is 5000. The molecule has 0 aliphatic heterocycles. The van der Waals surface area contributed by atoms with Gasteiger partial charge in [-0.05, 0) is 185 Å². The molecule has 16 aromatic rings. The van der Waals surface area contributed by atoms with E-state index in [1.54, 1.807) is 0 Å².